The first-order valence-electron chi connectivity index (χ1n) is 5.41. The average Bonchev–Trinajstić information content (AvgIpc) is 2.17. The molecule has 0 saturated carbocycles. The van der Waals surface area contributed by atoms with Crippen LogP contribution in [0.5, 0.6) is 0 Å². The van der Waals surface area contributed by atoms with Crippen LogP contribution in [0.2, 0.25) is 0 Å². The van der Waals surface area contributed by atoms with E-state index in [-0.39, 0.29) is 24.3 Å². The second-order valence-electron chi connectivity index (χ2n) is 4.13. The maximum atomic E-state index is 12.0. The molecule has 94 valence electrons. The molecular formula is C11H21NO3S. The standard InChI is InChI=1S/C11H21NO3S/c1-8(2)12(6-5-10(13)14)11(15)9(3)7-16-4/h8-9H,5-7H2,1-4H3,(H,13,14). The van der Waals surface area contributed by atoms with Gasteiger partial charge in [-0.3, -0.25) is 9.59 Å². The quantitative estimate of drug-likeness (QED) is 0.744. The summed E-state index contributed by atoms with van der Waals surface area (Å²) in [6.45, 7) is 6.00. The number of amides is 1. The molecule has 0 aliphatic rings. The highest BCUT2D eigenvalue weighted by Gasteiger charge is 2.22. The minimum atomic E-state index is -0.865. The Morgan fingerprint density at radius 2 is 1.88 bits per heavy atom. The summed E-state index contributed by atoms with van der Waals surface area (Å²) in [5.41, 5.74) is 0. The molecule has 1 N–H and O–H groups in total. The molecule has 0 bridgehead atoms. The van der Waals surface area contributed by atoms with Crippen LogP contribution < -0.4 is 0 Å². The lowest BCUT2D eigenvalue weighted by Crippen LogP contribution is -2.42. The Labute approximate surface area is 101 Å². The summed E-state index contributed by atoms with van der Waals surface area (Å²) in [6, 6.07) is 0.0520. The van der Waals surface area contributed by atoms with Gasteiger partial charge in [-0.2, -0.15) is 11.8 Å². The van der Waals surface area contributed by atoms with Crippen molar-refractivity contribution in [3.05, 3.63) is 0 Å². The van der Waals surface area contributed by atoms with Gasteiger partial charge in [-0.15, -0.1) is 0 Å². The van der Waals surface area contributed by atoms with Crippen molar-refractivity contribution in [2.24, 2.45) is 5.92 Å². The van der Waals surface area contributed by atoms with Crippen molar-refractivity contribution < 1.29 is 14.7 Å². The summed E-state index contributed by atoms with van der Waals surface area (Å²) < 4.78 is 0. The van der Waals surface area contributed by atoms with Crippen LogP contribution >= 0.6 is 11.8 Å². The molecule has 0 heterocycles. The van der Waals surface area contributed by atoms with Crippen LogP contribution in [0.4, 0.5) is 0 Å². The third-order valence-corrected chi connectivity index (χ3v) is 3.14. The highest BCUT2D eigenvalue weighted by atomic mass is 32.2. The van der Waals surface area contributed by atoms with E-state index in [2.05, 4.69) is 0 Å². The molecule has 16 heavy (non-hydrogen) atoms. The number of hydrogen-bond donors (Lipinski definition) is 1. The van der Waals surface area contributed by atoms with Crippen LogP contribution in [-0.2, 0) is 9.59 Å². The van der Waals surface area contributed by atoms with Gasteiger partial charge in [-0.25, -0.2) is 0 Å². The van der Waals surface area contributed by atoms with Gasteiger partial charge in [0.2, 0.25) is 5.91 Å². The average molecular weight is 247 g/mol. The Hall–Kier alpha value is -0.710. The van der Waals surface area contributed by atoms with Gasteiger partial charge in [0.15, 0.2) is 0 Å². The zero-order valence-electron chi connectivity index (χ0n) is 10.4. The van der Waals surface area contributed by atoms with Crippen molar-refractivity contribution in [2.75, 3.05) is 18.6 Å². The van der Waals surface area contributed by atoms with E-state index >= 15 is 0 Å². The largest absolute Gasteiger partial charge is 0.481 e. The summed E-state index contributed by atoms with van der Waals surface area (Å²) in [7, 11) is 0. The fourth-order valence-electron chi connectivity index (χ4n) is 1.44. The van der Waals surface area contributed by atoms with E-state index in [1.54, 1.807) is 16.7 Å². The Bertz CT molecular complexity index is 243. The lowest BCUT2D eigenvalue weighted by atomic mass is 10.1. The minimum Gasteiger partial charge on any atom is -0.481 e. The zero-order chi connectivity index (χ0) is 12.7. The van der Waals surface area contributed by atoms with Crippen LogP contribution in [0.1, 0.15) is 27.2 Å². The second-order valence-corrected chi connectivity index (χ2v) is 5.04. The number of carbonyl (C=O) groups excluding carboxylic acids is 1. The van der Waals surface area contributed by atoms with E-state index in [1.165, 1.54) is 0 Å². The number of rotatable bonds is 7. The molecule has 0 aromatic heterocycles. The Morgan fingerprint density at radius 1 is 1.31 bits per heavy atom. The van der Waals surface area contributed by atoms with Gasteiger partial charge in [-0.1, -0.05) is 6.92 Å². The number of hydrogen-bond acceptors (Lipinski definition) is 3. The number of aliphatic carboxylic acids is 1. The molecule has 0 saturated heterocycles. The summed E-state index contributed by atoms with van der Waals surface area (Å²) in [6.07, 6.45) is 1.97. The van der Waals surface area contributed by atoms with Gasteiger partial charge in [0, 0.05) is 24.3 Å². The van der Waals surface area contributed by atoms with Crippen LogP contribution in [-0.4, -0.2) is 46.5 Å². The minimum absolute atomic E-state index is 0.00983. The summed E-state index contributed by atoms with van der Waals surface area (Å²) in [4.78, 5) is 24.2. The van der Waals surface area contributed by atoms with E-state index in [1.807, 2.05) is 27.0 Å². The predicted octanol–water partition coefficient (Wildman–Crippen LogP) is 1.70. The number of thioether (sulfide) groups is 1. The highest BCUT2D eigenvalue weighted by molar-refractivity contribution is 7.98. The monoisotopic (exact) mass is 247 g/mol. The number of nitrogens with zero attached hydrogens (tertiary/aromatic N) is 1. The van der Waals surface area contributed by atoms with Crippen molar-refractivity contribution in [3.63, 3.8) is 0 Å². The maximum absolute atomic E-state index is 12.0. The zero-order valence-corrected chi connectivity index (χ0v) is 11.2. The van der Waals surface area contributed by atoms with Crippen LogP contribution in [0, 0.1) is 5.92 Å². The van der Waals surface area contributed by atoms with Gasteiger partial charge in [0.25, 0.3) is 0 Å². The Morgan fingerprint density at radius 3 is 2.25 bits per heavy atom. The van der Waals surface area contributed by atoms with Gasteiger partial charge < -0.3 is 10.0 Å². The molecular weight excluding hydrogens is 226 g/mol. The topological polar surface area (TPSA) is 57.6 Å². The van der Waals surface area contributed by atoms with Crippen LogP contribution in [0.3, 0.4) is 0 Å². The Kier molecular flexibility index (Phi) is 7.21. The van der Waals surface area contributed by atoms with E-state index < -0.39 is 5.97 Å². The van der Waals surface area contributed by atoms with Crippen LogP contribution in [0.25, 0.3) is 0 Å². The molecule has 0 fully saturated rings. The van der Waals surface area contributed by atoms with Crippen LogP contribution in [0.15, 0.2) is 0 Å². The molecule has 0 radical (unpaired) electrons. The summed E-state index contributed by atoms with van der Waals surface area (Å²) in [5, 5.41) is 8.63. The molecule has 0 spiro atoms. The summed E-state index contributed by atoms with van der Waals surface area (Å²) >= 11 is 1.63. The highest BCUT2D eigenvalue weighted by Crippen LogP contribution is 2.11. The molecule has 0 aliphatic heterocycles. The van der Waals surface area contributed by atoms with Gasteiger partial charge in [0.1, 0.15) is 0 Å². The third kappa shape index (κ3) is 5.39. The first-order valence-corrected chi connectivity index (χ1v) is 6.80. The lowest BCUT2D eigenvalue weighted by Gasteiger charge is -2.28. The molecule has 0 aromatic rings. The third-order valence-electron chi connectivity index (χ3n) is 2.31. The number of carboxylic acid groups (broad SMARTS) is 1. The molecule has 4 nitrogen and oxygen atoms in total. The SMILES string of the molecule is CSCC(C)C(=O)N(CCC(=O)O)C(C)C. The molecule has 5 heteroatoms. The molecule has 0 aromatic carbocycles. The second kappa shape index (κ2) is 7.54. The van der Waals surface area contributed by atoms with E-state index in [0.29, 0.717) is 6.54 Å². The normalized spacial score (nSPS) is 12.6. The summed E-state index contributed by atoms with van der Waals surface area (Å²) in [5.74, 6) is -0.0949. The van der Waals surface area contributed by atoms with E-state index in [9.17, 15) is 9.59 Å². The van der Waals surface area contributed by atoms with Crippen molar-refractivity contribution in [1.82, 2.24) is 4.90 Å². The van der Waals surface area contributed by atoms with E-state index in [0.717, 1.165) is 5.75 Å². The number of carbonyl (C=O) groups is 2. The first-order chi connectivity index (χ1) is 7.40. The predicted molar refractivity (Wildman–Crippen MR) is 66.6 cm³/mol. The molecule has 1 unspecified atom stereocenters. The van der Waals surface area contributed by atoms with Gasteiger partial charge in [0.05, 0.1) is 6.42 Å². The van der Waals surface area contributed by atoms with E-state index in [4.69, 9.17) is 5.11 Å². The smallest absolute Gasteiger partial charge is 0.305 e. The van der Waals surface area contributed by atoms with Crippen molar-refractivity contribution in [1.29, 1.82) is 0 Å². The van der Waals surface area contributed by atoms with Crippen molar-refractivity contribution >= 4 is 23.6 Å². The Balaban J connectivity index is 4.40. The molecule has 0 rings (SSSR count). The molecule has 0 aliphatic carbocycles. The fourth-order valence-corrected chi connectivity index (χ4v) is 2.09. The maximum Gasteiger partial charge on any atom is 0.305 e. The number of carboxylic acids is 1. The van der Waals surface area contributed by atoms with Crippen molar-refractivity contribution in [2.45, 2.75) is 33.2 Å². The fraction of sp³-hybridized carbons (Fsp3) is 0.818. The molecule has 1 amide bonds. The first kappa shape index (κ1) is 15.3. The van der Waals surface area contributed by atoms with Crippen molar-refractivity contribution in [3.8, 4) is 0 Å². The molecule has 1 atom stereocenters. The lowest BCUT2D eigenvalue weighted by molar-refractivity contribution is -0.140. The van der Waals surface area contributed by atoms with Gasteiger partial charge in [-0.05, 0) is 20.1 Å². The van der Waals surface area contributed by atoms with Gasteiger partial charge >= 0.3 is 5.97 Å².